The Morgan fingerprint density at radius 3 is 1.91 bits per heavy atom. The minimum absolute atomic E-state index is 0.113. The first-order chi connectivity index (χ1) is 10.7. The number of esters is 4. The lowest BCUT2D eigenvalue weighted by molar-refractivity contribution is -0.271. The van der Waals surface area contributed by atoms with Crippen LogP contribution in [0.1, 0.15) is 34.1 Å². The summed E-state index contributed by atoms with van der Waals surface area (Å²) in [6.07, 6.45) is -3.83. The summed E-state index contributed by atoms with van der Waals surface area (Å²) in [6, 6.07) is 0. The highest BCUT2D eigenvalue weighted by Gasteiger charge is 2.45. The molecule has 1 rings (SSSR count). The second-order valence-corrected chi connectivity index (χ2v) is 5.00. The third-order valence-corrected chi connectivity index (χ3v) is 2.83. The average Bonchev–Trinajstić information content (AvgIpc) is 2.38. The van der Waals surface area contributed by atoms with Gasteiger partial charge in [-0.3, -0.25) is 19.2 Å². The van der Waals surface area contributed by atoms with Crippen molar-refractivity contribution >= 4 is 23.9 Å². The van der Waals surface area contributed by atoms with Gasteiger partial charge < -0.3 is 23.7 Å². The van der Waals surface area contributed by atoms with Gasteiger partial charge in [0.25, 0.3) is 0 Å². The second-order valence-electron chi connectivity index (χ2n) is 5.00. The number of carbonyl (C=O) groups excluding carboxylic acids is 4. The summed E-state index contributed by atoms with van der Waals surface area (Å²) >= 11 is 0. The van der Waals surface area contributed by atoms with E-state index < -0.39 is 48.5 Å². The Morgan fingerprint density at radius 2 is 1.43 bits per heavy atom. The van der Waals surface area contributed by atoms with Gasteiger partial charge in [-0.05, 0) is 0 Å². The molecular weight excluding hydrogens is 312 g/mol. The average molecular weight is 332 g/mol. The number of hydrogen-bond donors (Lipinski definition) is 0. The lowest BCUT2D eigenvalue weighted by Gasteiger charge is -2.39. The fraction of sp³-hybridized carbons (Fsp3) is 0.714. The Balaban J connectivity index is 2.92. The molecule has 130 valence electrons. The maximum atomic E-state index is 11.2. The largest absolute Gasteiger partial charge is 0.463 e. The van der Waals surface area contributed by atoms with E-state index >= 15 is 0 Å². The van der Waals surface area contributed by atoms with Gasteiger partial charge in [0.05, 0.1) is 6.10 Å². The third-order valence-electron chi connectivity index (χ3n) is 2.83. The van der Waals surface area contributed by atoms with Crippen molar-refractivity contribution < 1.29 is 42.9 Å². The lowest BCUT2D eigenvalue weighted by atomic mass is 10.0. The molecule has 1 aliphatic heterocycles. The van der Waals surface area contributed by atoms with Crippen LogP contribution in [0.5, 0.6) is 0 Å². The summed E-state index contributed by atoms with van der Waals surface area (Å²) in [4.78, 5) is 44.6. The summed E-state index contributed by atoms with van der Waals surface area (Å²) in [5.41, 5.74) is 0. The molecule has 0 bridgehead atoms. The van der Waals surface area contributed by atoms with Crippen LogP contribution in [0, 0.1) is 0 Å². The number of rotatable bonds is 5. The molecule has 1 heterocycles. The molecule has 9 nitrogen and oxygen atoms in total. The van der Waals surface area contributed by atoms with Gasteiger partial charge in [-0.15, -0.1) is 0 Å². The molecule has 0 aromatic rings. The molecule has 0 aromatic carbocycles. The molecule has 0 N–H and O–H groups in total. The summed E-state index contributed by atoms with van der Waals surface area (Å²) < 4.78 is 25.5. The fourth-order valence-electron chi connectivity index (χ4n) is 2.12. The number of ether oxygens (including phenoxy) is 5. The first-order valence-corrected chi connectivity index (χ1v) is 6.99. The van der Waals surface area contributed by atoms with Crippen LogP contribution < -0.4 is 0 Å². The highest BCUT2D eigenvalue weighted by molar-refractivity contribution is 5.68. The molecule has 23 heavy (non-hydrogen) atoms. The maximum Gasteiger partial charge on any atom is 0.305 e. The van der Waals surface area contributed by atoms with Gasteiger partial charge in [0.2, 0.25) is 12.4 Å². The van der Waals surface area contributed by atoms with Gasteiger partial charge in [0.15, 0.2) is 0 Å². The van der Waals surface area contributed by atoms with E-state index in [2.05, 4.69) is 0 Å². The van der Waals surface area contributed by atoms with Gasteiger partial charge in [0.1, 0.15) is 12.7 Å². The van der Waals surface area contributed by atoms with Crippen molar-refractivity contribution in [2.24, 2.45) is 0 Å². The molecule has 0 saturated carbocycles. The normalized spacial score (nSPS) is 26.8. The summed E-state index contributed by atoms with van der Waals surface area (Å²) in [7, 11) is 0. The third kappa shape index (κ3) is 6.64. The molecule has 9 heteroatoms. The van der Waals surface area contributed by atoms with Crippen molar-refractivity contribution in [3.8, 4) is 0 Å². The minimum atomic E-state index is -1.27. The molecule has 0 aliphatic carbocycles. The zero-order valence-corrected chi connectivity index (χ0v) is 13.4. The van der Waals surface area contributed by atoms with Crippen LogP contribution in [-0.4, -0.2) is 55.1 Å². The van der Waals surface area contributed by atoms with Crippen LogP contribution in [0.4, 0.5) is 0 Å². The van der Waals surface area contributed by atoms with E-state index in [1.54, 1.807) is 0 Å². The second kappa shape index (κ2) is 8.47. The lowest BCUT2D eigenvalue weighted by Crippen LogP contribution is -2.54. The van der Waals surface area contributed by atoms with Crippen molar-refractivity contribution in [1.29, 1.82) is 0 Å². The van der Waals surface area contributed by atoms with Crippen molar-refractivity contribution in [2.45, 2.75) is 58.7 Å². The number of hydrogen-bond acceptors (Lipinski definition) is 9. The quantitative estimate of drug-likeness (QED) is 0.510. The van der Waals surface area contributed by atoms with Crippen LogP contribution in [-0.2, 0) is 42.9 Å². The van der Waals surface area contributed by atoms with Crippen molar-refractivity contribution in [3.05, 3.63) is 0 Å². The Labute approximate surface area is 133 Å². The standard InChI is InChI=1S/C14H20O9/c1-7(15)19-6-11-5-12(20-8(2)16)13(21-9(3)17)14(23-11)22-10(4)18/h11-14H,5-6H2,1-4H3. The summed E-state index contributed by atoms with van der Waals surface area (Å²) in [5, 5.41) is 0. The van der Waals surface area contributed by atoms with Gasteiger partial charge in [-0.25, -0.2) is 0 Å². The Hall–Kier alpha value is -2.16. The monoisotopic (exact) mass is 332 g/mol. The van der Waals surface area contributed by atoms with Gasteiger partial charge in [-0.1, -0.05) is 0 Å². The maximum absolute atomic E-state index is 11.2. The van der Waals surface area contributed by atoms with Crippen LogP contribution in [0.3, 0.4) is 0 Å². The first kappa shape index (κ1) is 18.9. The van der Waals surface area contributed by atoms with E-state index in [0.29, 0.717) is 0 Å². The SMILES string of the molecule is CC(=O)OCC1CC(OC(C)=O)C(OC(C)=O)C(OC(C)=O)O1. The molecule has 1 fully saturated rings. The van der Waals surface area contributed by atoms with Crippen LogP contribution >= 0.6 is 0 Å². The van der Waals surface area contributed by atoms with Gasteiger partial charge in [-0.2, -0.15) is 0 Å². The van der Waals surface area contributed by atoms with Gasteiger partial charge in [0, 0.05) is 34.1 Å². The molecule has 0 amide bonds. The molecule has 0 aromatic heterocycles. The van der Waals surface area contributed by atoms with Gasteiger partial charge >= 0.3 is 23.9 Å². The highest BCUT2D eigenvalue weighted by atomic mass is 16.7. The van der Waals surface area contributed by atoms with Crippen molar-refractivity contribution in [1.82, 2.24) is 0 Å². The molecule has 1 saturated heterocycles. The topological polar surface area (TPSA) is 114 Å². The van der Waals surface area contributed by atoms with Crippen molar-refractivity contribution in [2.75, 3.05) is 6.61 Å². The Kier molecular flexibility index (Phi) is 6.95. The minimum Gasteiger partial charge on any atom is -0.463 e. The molecule has 1 aliphatic rings. The van der Waals surface area contributed by atoms with E-state index in [0.717, 1.165) is 6.92 Å². The summed E-state index contributed by atoms with van der Waals surface area (Å²) in [6.45, 7) is 4.64. The van der Waals surface area contributed by atoms with E-state index in [1.807, 2.05) is 0 Å². The zero-order valence-electron chi connectivity index (χ0n) is 13.4. The Bertz CT molecular complexity index is 447. The molecule has 4 unspecified atom stereocenters. The summed E-state index contributed by atoms with van der Waals surface area (Å²) in [5.74, 6) is -2.42. The van der Waals surface area contributed by atoms with Crippen LogP contribution in [0.15, 0.2) is 0 Å². The predicted molar refractivity (Wildman–Crippen MR) is 72.8 cm³/mol. The van der Waals surface area contributed by atoms with Crippen LogP contribution in [0.2, 0.25) is 0 Å². The Morgan fingerprint density at radius 1 is 0.870 bits per heavy atom. The number of carbonyl (C=O) groups is 4. The highest BCUT2D eigenvalue weighted by Crippen LogP contribution is 2.27. The van der Waals surface area contributed by atoms with Crippen molar-refractivity contribution in [3.63, 3.8) is 0 Å². The van der Waals surface area contributed by atoms with E-state index in [4.69, 9.17) is 23.7 Å². The zero-order chi connectivity index (χ0) is 17.6. The first-order valence-electron chi connectivity index (χ1n) is 6.99. The smallest absolute Gasteiger partial charge is 0.305 e. The van der Waals surface area contributed by atoms with E-state index in [9.17, 15) is 19.2 Å². The van der Waals surface area contributed by atoms with Crippen LogP contribution in [0.25, 0.3) is 0 Å². The predicted octanol–water partition coefficient (Wildman–Crippen LogP) is 0.0910. The van der Waals surface area contributed by atoms with E-state index in [-0.39, 0.29) is 13.0 Å². The van der Waals surface area contributed by atoms with E-state index in [1.165, 1.54) is 20.8 Å². The molecule has 0 spiro atoms. The fourth-order valence-corrected chi connectivity index (χ4v) is 2.12. The molecular formula is C14H20O9. The molecule has 0 radical (unpaired) electrons. The molecule has 4 atom stereocenters.